The Morgan fingerprint density at radius 2 is 2.05 bits per heavy atom. The van der Waals surface area contributed by atoms with Gasteiger partial charge in [-0.3, -0.25) is 0 Å². The zero-order chi connectivity index (χ0) is 13.4. The molecule has 6 nitrogen and oxygen atoms in total. The van der Waals surface area contributed by atoms with Crippen LogP contribution in [0.3, 0.4) is 0 Å². The van der Waals surface area contributed by atoms with Crippen LogP contribution in [-0.2, 0) is 19.5 Å². The molecule has 102 valence electrons. The van der Waals surface area contributed by atoms with Gasteiger partial charge in [-0.15, -0.1) is 5.10 Å². The first-order valence-electron chi connectivity index (χ1n) is 7.11. The van der Waals surface area contributed by atoms with E-state index in [4.69, 9.17) is 0 Å². The quantitative estimate of drug-likeness (QED) is 0.711. The number of fused-ring (bicyclic) bond motifs is 2. The third-order valence-corrected chi connectivity index (χ3v) is 3.77. The minimum absolute atomic E-state index is 0.584. The highest BCUT2D eigenvalue weighted by molar-refractivity contribution is 5.73. The summed E-state index contributed by atoms with van der Waals surface area (Å²) in [4.78, 5) is 4.66. The molecule has 1 aliphatic heterocycles. The molecule has 0 fully saturated rings. The summed E-state index contributed by atoms with van der Waals surface area (Å²) in [5, 5.41) is 13.0. The lowest BCUT2D eigenvalue weighted by Gasteiger charge is -1.98. The SMILES string of the molecule is c1ccc2c(c1)nnn2Cc1nc2n(n1)CCCCC2. The molecule has 20 heavy (non-hydrogen) atoms. The number of hydrogen-bond donors (Lipinski definition) is 0. The first-order chi connectivity index (χ1) is 9.90. The van der Waals surface area contributed by atoms with E-state index in [1.807, 2.05) is 28.9 Å². The Hall–Kier alpha value is -2.24. The average Bonchev–Trinajstić information content (AvgIpc) is 2.98. The average molecular weight is 268 g/mol. The third kappa shape index (κ3) is 1.97. The first kappa shape index (κ1) is 11.6. The predicted octanol–water partition coefficient (Wildman–Crippen LogP) is 1.80. The van der Waals surface area contributed by atoms with Gasteiger partial charge in [0.2, 0.25) is 0 Å². The topological polar surface area (TPSA) is 61.4 Å². The zero-order valence-corrected chi connectivity index (χ0v) is 11.2. The predicted molar refractivity (Wildman–Crippen MR) is 74.2 cm³/mol. The molecule has 1 aliphatic rings. The van der Waals surface area contributed by atoms with Crippen molar-refractivity contribution < 1.29 is 0 Å². The van der Waals surface area contributed by atoms with E-state index in [0.717, 1.165) is 35.6 Å². The highest BCUT2D eigenvalue weighted by atomic mass is 15.4. The van der Waals surface area contributed by atoms with Gasteiger partial charge in [0.15, 0.2) is 5.82 Å². The zero-order valence-electron chi connectivity index (χ0n) is 11.2. The lowest BCUT2D eigenvalue weighted by molar-refractivity contribution is 0.560. The fourth-order valence-corrected chi connectivity index (χ4v) is 2.75. The van der Waals surface area contributed by atoms with Gasteiger partial charge in [-0.1, -0.05) is 23.8 Å². The Labute approximate surface area is 116 Å². The molecule has 3 heterocycles. The van der Waals surface area contributed by atoms with E-state index in [9.17, 15) is 0 Å². The summed E-state index contributed by atoms with van der Waals surface area (Å²) in [5.74, 6) is 1.94. The smallest absolute Gasteiger partial charge is 0.172 e. The fourth-order valence-electron chi connectivity index (χ4n) is 2.75. The molecule has 0 amide bonds. The maximum absolute atomic E-state index is 4.66. The van der Waals surface area contributed by atoms with Crippen LogP contribution in [-0.4, -0.2) is 29.8 Å². The van der Waals surface area contributed by atoms with Crippen molar-refractivity contribution in [3.63, 3.8) is 0 Å². The van der Waals surface area contributed by atoms with Crippen molar-refractivity contribution in [2.75, 3.05) is 0 Å². The van der Waals surface area contributed by atoms with E-state index < -0.39 is 0 Å². The molecule has 4 rings (SSSR count). The van der Waals surface area contributed by atoms with Crippen molar-refractivity contribution in [3.8, 4) is 0 Å². The van der Waals surface area contributed by atoms with Crippen LogP contribution in [0.1, 0.15) is 30.9 Å². The van der Waals surface area contributed by atoms with Gasteiger partial charge in [0.25, 0.3) is 0 Å². The highest BCUT2D eigenvalue weighted by Gasteiger charge is 2.14. The van der Waals surface area contributed by atoms with Crippen molar-refractivity contribution in [2.45, 2.75) is 38.8 Å². The second kappa shape index (κ2) is 4.70. The van der Waals surface area contributed by atoms with Crippen molar-refractivity contribution in [1.82, 2.24) is 29.8 Å². The first-order valence-corrected chi connectivity index (χ1v) is 7.11. The lowest BCUT2D eigenvalue weighted by atomic mass is 10.2. The maximum atomic E-state index is 4.66. The van der Waals surface area contributed by atoms with E-state index in [-0.39, 0.29) is 0 Å². The molecule has 0 bridgehead atoms. The summed E-state index contributed by atoms with van der Waals surface area (Å²) in [6.07, 6.45) is 4.71. The molecule has 6 heteroatoms. The molecule has 1 aromatic carbocycles. The second-order valence-electron chi connectivity index (χ2n) is 5.21. The number of para-hydroxylation sites is 1. The summed E-state index contributed by atoms with van der Waals surface area (Å²) in [6, 6.07) is 7.96. The van der Waals surface area contributed by atoms with E-state index >= 15 is 0 Å². The number of nitrogens with zero attached hydrogens (tertiary/aromatic N) is 6. The monoisotopic (exact) mass is 268 g/mol. The van der Waals surface area contributed by atoms with E-state index in [1.54, 1.807) is 0 Å². The molecule has 3 aromatic rings. The van der Waals surface area contributed by atoms with Gasteiger partial charge in [0, 0.05) is 13.0 Å². The van der Waals surface area contributed by atoms with Gasteiger partial charge < -0.3 is 0 Å². The number of aryl methyl sites for hydroxylation is 2. The number of hydrogen-bond acceptors (Lipinski definition) is 4. The van der Waals surface area contributed by atoms with Crippen LogP contribution in [0, 0.1) is 0 Å². The molecule has 0 atom stereocenters. The van der Waals surface area contributed by atoms with E-state index in [2.05, 4.69) is 25.1 Å². The number of aromatic nitrogens is 6. The van der Waals surface area contributed by atoms with Crippen molar-refractivity contribution in [2.24, 2.45) is 0 Å². The largest absolute Gasteiger partial charge is 0.250 e. The lowest BCUT2D eigenvalue weighted by Crippen LogP contribution is -2.05. The summed E-state index contributed by atoms with van der Waals surface area (Å²) in [5.41, 5.74) is 1.94. The third-order valence-electron chi connectivity index (χ3n) is 3.77. The molecule has 0 N–H and O–H groups in total. The second-order valence-corrected chi connectivity index (χ2v) is 5.21. The minimum atomic E-state index is 0.584. The molecule has 0 saturated heterocycles. The number of benzene rings is 1. The van der Waals surface area contributed by atoms with Crippen LogP contribution in [0.25, 0.3) is 11.0 Å². The van der Waals surface area contributed by atoms with Crippen LogP contribution in [0.2, 0.25) is 0 Å². The Morgan fingerprint density at radius 3 is 3.05 bits per heavy atom. The molecule has 0 unspecified atom stereocenters. The Balaban J connectivity index is 1.66. The highest BCUT2D eigenvalue weighted by Crippen LogP contribution is 2.14. The Bertz CT molecular complexity index is 718. The molecule has 2 aromatic heterocycles. The number of rotatable bonds is 2. The van der Waals surface area contributed by atoms with Gasteiger partial charge in [-0.05, 0) is 25.0 Å². The maximum Gasteiger partial charge on any atom is 0.172 e. The van der Waals surface area contributed by atoms with Crippen molar-refractivity contribution in [3.05, 3.63) is 35.9 Å². The van der Waals surface area contributed by atoms with Crippen LogP contribution in [0.4, 0.5) is 0 Å². The summed E-state index contributed by atoms with van der Waals surface area (Å²) in [6.45, 7) is 1.57. The Kier molecular flexibility index (Phi) is 2.72. The fraction of sp³-hybridized carbons (Fsp3) is 0.429. The standard InChI is InChI=1S/C14H16N6/c1-2-8-14-15-13(17-19(14)9-5-1)10-20-12-7-4-3-6-11(12)16-18-20/h3-4,6-7H,1-2,5,8-10H2. The van der Waals surface area contributed by atoms with Crippen LogP contribution in [0.15, 0.2) is 24.3 Å². The van der Waals surface area contributed by atoms with E-state index in [1.165, 1.54) is 19.3 Å². The summed E-state index contributed by atoms with van der Waals surface area (Å²) < 4.78 is 3.92. The molecule has 0 spiro atoms. The van der Waals surface area contributed by atoms with Gasteiger partial charge >= 0.3 is 0 Å². The normalized spacial score (nSPS) is 15.2. The van der Waals surface area contributed by atoms with Gasteiger partial charge in [0.05, 0.1) is 5.52 Å². The van der Waals surface area contributed by atoms with Crippen LogP contribution >= 0.6 is 0 Å². The van der Waals surface area contributed by atoms with Gasteiger partial charge in [-0.2, -0.15) is 5.10 Å². The van der Waals surface area contributed by atoms with Crippen molar-refractivity contribution in [1.29, 1.82) is 0 Å². The van der Waals surface area contributed by atoms with E-state index in [0.29, 0.717) is 6.54 Å². The van der Waals surface area contributed by atoms with Gasteiger partial charge in [-0.25, -0.2) is 14.3 Å². The molecule has 0 aliphatic carbocycles. The van der Waals surface area contributed by atoms with Gasteiger partial charge in [0.1, 0.15) is 17.9 Å². The van der Waals surface area contributed by atoms with Crippen LogP contribution < -0.4 is 0 Å². The minimum Gasteiger partial charge on any atom is -0.250 e. The molecular formula is C14H16N6. The summed E-state index contributed by atoms with van der Waals surface area (Å²) in [7, 11) is 0. The summed E-state index contributed by atoms with van der Waals surface area (Å²) >= 11 is 0. The van der Waals surface area contributed by atoms with Crippen molar-refractivity contribution >= 4 is 11.0 Å². The molecule has 0 radical (unpaired) electrons. The Morgan fingerprint density at radius 1 is 1.10 bits per heavy atom. The van der Waals surface area contributed by atoms with Crippen LogP contribution in [0.5, 0.6) is 0 Å². The molecular weight excluding hydrogens is 252 g/mol. The molecule has 0 saturated carbocycles.